The Morgan fingerprint density at radius 1 is 1.35 bits per heavy atom. The molecule has 0 saturated heterocycles. The van der Waals surface area contributed by atoms with Crippen LogP contribution in [0.4, 0.5) is 5.69 Å². The monoisotopic (exact) mass is 276 g/mol. The molecule has 0 unspecified atom stereocenters. The largest absolute Gasteiger partial charge is 0.376 e. The van der Waals surface area contributed by atoms with E-state index < -0.39 is 0 Å². The summed E-state index contributed by atoms with van der Waals surface area (Å²) in [4.78, 5) is 13.9. The van der Waals surface area contributed by atoms with Gasteiger partial charge in [0, 0.05) is 32.7 Å². The topological polar surface area (TPSA) is 50.2 Å². The summed E-state index contributed by atoms with van der Waals surface area (Å²) < 4.78 is 1.55. The van der Waals surface area contributed by atoms with E-state index in [-0.39, 0.29) is 5.56 Å². The van der Waals surface area contributed by atoms with Crippen LogP contribution in [0.25, 0.3) is 0 Å². The van der Waals surface area contributed by atoms with E-state index in [2.05, 4.69) is 10.4 Å². The lowest BCUT2D eigenvalue weighted by Gasteiger charge is -2.18. The van der Waals surface area contributed by atoms with Crippen LogP contribution in [-0.4, -0.2) is 36.5 Å². The highest BCUT2D eigenvalue weighted by atomic mass is 16.1. The summed E-state index contributed by atoms with van der Waals surface area (Å²) in [5.74, 6) is 1.78. The summed E-state index contributed by atoms with van der Waals surface area (Å²) in [5, 5.41) is 7.89. The van der Waals surface area contributed by atoms with Gasteiger partial charge < -0.3 is 10.2 Å². The van der Waals surface area contributed by atoms with Crippen molar-refractivity contribution in [2.75, 3.05) is 25.5 Å². The molecule has 5 nitrogen and oxygen atoms in total. The lowest BCUT2D eigenvalue weighted by Crippen LogP contribution is -2.37. The fourth-order valence-electron chi connectivity index (χ4n) is 2.80. The molecule has 2 aliphatic rings. The van der Waals surface area contributed by atoms with E-state index in [9.17, 15) is 4.79 Å². The Labute approximate surface area is 120 Å². The van der Waals surface area contributed by atoms with E-state index in [4.69, 9.17) is 0 Å². The number of hydrogen-bond acceptors (Lipinski definition) is 4. The molecule has 0 spiro atoms. The Kier molecular flexibility index (Phi) is 3.78. The van der Waals surface area contributed by atoms with Crippen molar-refractivity contribution in [2.45, 2.75) is 38.3 Å². The summed E-state index contributed by atoms with van der Waals surface area (Å²) in [7, 11) is 3.83. The Morgan fingerprint density at radius 3 is 2.50 bits per heavy atom. The van der Waals surface area contributed by atoms with E-state index in [0.29, 0.717) is 12.6 Å². The van der Waals surface area contributed by atoms with Crippen molar-refractivity contribution in [1.29, 1.82) is 0 Å². The maximum absolute atomic E-state index is 12.0. The van der Waals surface area contributed by atoms with Crippen molar-refractivity contribution in [2.24, 2.45) is 11.8 Å². The van der Waals surface area contributed by atoms with Crippen molar-refractivity contribution < 1.29 is 0 Å². The Balaban J connectivity index is 1.54. The molecule has 2 aliphatic carbocycles. The van der Waals surface area contributed by atoms with Crippen LogP contribution in [0.15, 0.2) is 17.1 Å². The van der Waals surface area contributed by atoms with Crippen LogP contribution in [0.5, 0.6) is 0 Å². The van der Waals surface area contributed by atoms with Crippen LogP contribution >= 0.6 is 0 Å². The second-order valence-corrected chi connectivity index (χ2v) is 6.32. The van der Waals surface area contributed by atoms with Crippen molar-refractivity contribution in [1.82, 2.24) is 15.1 Å². The molecular weight excluding hydrogens is 252 g/mol. The van der Waals surface area contributed by atoms with Gasteiger partial charge in [0.1, 0.15) is 0 Å². The molecule has 110 valence electrons. The lowest BCUT2D eigenvalue weighted by molar-refractivity contribution is 0.397. The summed E-state index contributed by atoms with van der Waals surface area (Å²) in [6.07, 6.45) is 7.27. The van der Waals surface area contributed by atoms with Crippen LogP contribution in [-0.2, 0) is 6.54 Å². The van der Waals surface area contributed by atoms with Gasteiger partial charge in [0.2, 0.25) is 0 Å². The predicted octanol–water partition coefficient (Wildman–Crippen LogP) is 1.09. The first-order valence-corrected chi connectivity index (χ1v) is 7.63. The molecule has 2 saturated carbocycles. The quantitative estimate of drug-likeness (QED) is 0.810. The van der Waals surface area contributed by atoms with Crippen LogP contribution in [0, 0.1) is 11.8 Å². The molecule has 0 atom stereocenters. The minimum absolute atomic E-state index is 0.0209. The fourth-order valence-corrected chi connectivity index (χ4v) is 2.80. The van der Waals surface area contributed by atoms with E-state index in [0.717, 1.165) is 24.1 Å². The van der Waals surface area contributed by atoms with Gasteiger partial charge in [-0.2, -0.15) is 5.10 Å². The Morgan fingerprint density at radius 2 is 2.00 bits per heavy atom. The summed E-state index contributed by atoms with van der Waals surface area (Å²) in [6, 6.07) is 2.33. The van der Waals surface area contributed by atoms with Gasteiger partial charge in [-0.1, -0.05) is 0 Å². The third-order valence-electron chi connectivity index (χ3n) is 4.33. The molecule has 0 aromatic carbocycles. The standard InChI is InChI=1S/C15H24N4O/c1-18(2)13-9-14(20)19(17-10-13)8-7-16-15(11-3-4-11)12-5-6-12/h9-12,15-16H,3-8H2,1-2H3. The molecule has 1 N–H and O–H groups in total. The molecule has 0 radical (unpaired) electrons. The molecule has 0 amide bonds. The normalized spacial score (nSPS) is 18.6. The molecule has 0 aliphatic heterocycles. The number of anilines is 1. The van der Waals surface area contributed by atoms with Gasteiger partial charge >= 0.3 is 0 Å². The zero-order valence-electron chi connectivity index (χ0n) is 12.4. The number of hydrogen-bond donors (Lipinski definition) is 1. The van der Waals surface area contributed by atoms with E-state index >= 15 is 0 Å². The second kappa shape index (κ2) is 5.56. The highest BCUT2D eigenvalue weighted by Gasteiger charge is 2.40. The smallest absolute Gasteiger partial charge is 0.268 e. The summed E-state index contributed by atoms with van der Waals surface area (Å²) in [6.45, 7) is 1.49. The molecule has 5 heteroatoms. The van der Waals surface area contributed by atoms with E-state index in [1.165, 1.54) is 25.7 Å². The SMILES string of the molecule is CN(C)c1cnn(CCNC(C2CC2)C2CC2)c(=O)c1. The third-order valence-corrected chi connectivity index (χ3v) is 4.33. The number of rotatable bonds is 7. The molecule has 2 fully saturated rings. The van der Waals surface area contributed by atoms with Gasteiger partial charge in [0.05, 0.1) is 18.4 Å². The second-order valence-electron chi connectivity index (χ2n) is 6.32. The first-order valence-electron chi connectivity index (χ1n) is 7.63. The van der Waals surface area contributed by atoms with E-state index in [1.807, 2.05) is 19.0 Å². The minimum Gasteiger partial charge on any atom is -0.376 e. The van der Waals surface area contributed by atoms with Crippen molar-refractivity contribution in [3.63, 3.8) is 0 Å². The Hall–Kier alpha value is -1.36. The maximum Gasteiger partial charge on any atom is 0.268 e. The first-order chi connectivity index (χ1) is 9.65. The number of aromatic nitrogens is 2. The van der Waals surface area contributed by atoms with Gasteiger partial charge in [-0.25, -0.2) is 4.68 Å². The molecule has 1 heterocycles. The first kappa shape index (κ1) is 13.6. The molecular formula is C15H24N4O. The van der Waals surface area contributed by atoms with Crippen LogP contribution in [0.2, 0.25) is 0 Å². The van der Waals surface area contributed by atoms with Crippen molar-refractivity contribution >= 4 is 5.69 Å². The van der Waals surface area contributed by atoms with Gasteiger partial charge in [-0.3, -0.25) is 4.79 Å². The van der Waals surface area contributed by atoms with Crippen LogP contribution in [0.1, 0.15) is 25.7 Å². The van der Waals surface area contributed by atoms with Gasteiger partial charge in [-0.05, 0) is 37.5 Å². The molecule has 20 heavy (non-hydrogen) atoms. The zero-order chi connectivity index (χ0) is 14.1. The highest BCUT2D eigenvalue weighted by molar-refractivity contribution is 5.40. The van der Waals surface area contributed by atoms with E-state index in [1.54, 1.807) is 16.9 Å². The highest BCUT2D eigenvalue weighted by Crippen LogP contribution is 2.44. The van der Waals surface area contributed by atoms with Crippen LogP contribution in [0.3, 0.4) is 0 Å². The third kappa shape index (κ3) is 3.20. The maximum atomic E-state index is 12.0. The lowest BCUT2D eigenvalue weighted by atomic mass is 10.1. The Bertz CT molecular complexity index is 505. The van der Waals surface area contributed by atoms with Crippen molar-refractivity contribution in [3.8, 4) is 0 Å². The summed E-state index contributed by atoms with van der Waals surface area (Å²) >= 11 is 0. The predicted molar refractivity (Wildman–Crippen MR) is 80.1 cm³/mol. The zero-order valence-corrected chi connectivity index (χ0v) is 12.4. The average Bonchev–Trinajstić information content (AvgIpc) is 3.27. The average molecular weight is 276 g/mol. The van der Waals surface area contributed by atoms with Gasteiger partial charge in [0.25, 0.3) is 5.56 Å². The number of nitrogens with one attached hydrogen (secondary N) is 1. The summed E-state index contributed by atoms with van der Waals surface area (Å²) in [5.41, 5.74) is 0.834. The van der Waals surface area contributed by atoms with Crippen LogP contribution < -0.4 is 15.8 Å². The molecule has 3 rings (SSSR count). The number of nitrogens with zero attached hydrogens (tertiary/aromatic N) is 3. The van der Waals surface area contributed by atoms with Crippen molar-refractivity contribution in [3.05, 3.63) is 22.6 Å². The molecule has 1 aromatic heterocycles. The fraction of sp³-hybridized carbons (Fsp3) is 0.733. The van der Waals surface area contributed by atoms with Gasteiger partial charge in [0.15, 0.2) is 0 Å². The molecule has 0 bridgehead atoms. The molecule has 1 aromatic rings. The minimum atomic E-state index is -0.0209. The van der Waals surface area contributed by atoms with Gasteiger partial charge in [-0.15, -0.1) is 0 Å².